The molecule has 1 fully saturated rings. The topological polar surface area (TPSA) is 21.3 Å². The molecule has 0 radical (unpaired) electrons. The summed E-state index contributed by atoms with van der Waals surface area (Å²) in [7, 11) is 0. The molecule has 1 aliphatic heterocycles. The summed E-state index contributed by atoms with van der Waals surface area (Å²) in [6, 6.07) is 26.1. The van der Waals surface area contributed by atoms with E-state index in [4.69, 9.17) is 4.74 Å². The molecule has 3 aromatic carbocycles. The van der Waals surface area contributed by atoms with E-state index in [-0.39, 0.29) is 30.3 Å². The van der Waals surface area contributed by atoms with Crippen LogP contribution in [0.1, 0.15) is 34.6 Å². The number of hydrogen-bond acceptors (Lipinski definition) is 2. The molecule has 0 unspecified atom stereocenters. The fourth-order valence-electron chi connectivity index (χ4n) is 4.40. The third-order valence-corrected chi connectivity index (χ3v) is 5.95. The summed E-state index contributed by atoms with van der Waals surface area (Å²) >= 11 is 0. The molecular formula is C26H27ClF3NO. The summed E-state index contributed by atoms with van der Waals surface area (Å²) in [4.78, 5) is 0. The summed E-state index contributed by atoms with van der Waals surface area (Å²) in [6.45, 7) is 1.99. The normalized spacial score (nSPS) is 18.9. The Labute approximate surface area is 193 Å². The Morgan fingerprint density at radius 3 is 1.94 bits per heavy atom. The third-order valence-electron chi connectivity index (χ3n) is 5.95. The first-order chi connectivity index (χ1) is 15.0. The number of halogens is 4. The summed E-state index contributed by atoms with van der Waals surface area (Å²) < 4.78 is 44.8. The first-order valence-electron chi connectivity index (χ1n) is 10.6. The van der Waals surface area contributed by atoms with E-state index in [1.807, 2.05) is 12.1 Å². The van der Waals surface area contributed by atoms with Crippen LogP contribution in [0.3, 0.4) is 0 Å². The number of piperidine rings is 1. The van der Waals surface area contributed by atoms with Gasteiger partial charge in [-0.1, -0.05) is 72.8 Å². The van der Waals surface area contributed by atoms with E-state index in [1.54, 1.807) is 0 Å². The molecule has 0 amide bonds. The summed E-state index contributed by atoms with van der Waals surface area (Å²) in [5.74, 6) is 0.390. The highest BCUT2D eigenvalue weighted by Crippen LogP contribution is 2.37. The lowest BCUT2D eigenvalue weighted by molar-refractivity contribution is -0.137. The van der Waals surface area contributed by atoms with Crippen molar-refractivity contribution in [3.8, 4) is 0 Å². The quantitative estimate of drug-likeness (QED) is 0.455. The first-order valence-corrected chi connectivity index (χ1v) is 10.6. The lowest BCUT2D eigenvalue weighted by Crippen LogP contribution is -2.44. The smallest absolute Gasteiger partial charge is 0.373 e. The molecule has 32 heavy (non-hydrogen) atoms. The molecule has 170 valence electrons. The lowest BCUT2D eigenvalue weighted by atomic mass is 9.76. The van der Waals surface area contributed by atoms with Gasteiger partial charge in [0.15, 0.2) is 0 Å². The van der Waals surface area contributed by atoms with Gasteiger partial charge in [0.2, 0.25) is 0 Å². The number of rotatable bonds is 6. The Balaban J connectivity index is 0.00000289. The average molecular weight is 462 g/mol. The summed E-state index contributed by atoms with van der Waals surface area (Å²) in [6.07, 6.45) is -3.45. The molecule has 1 aliphatic rings. The van der Waals surface area contributed by atoms with Crippen molar-refractivity contribution < 1.29 is 17.9 Å². The van der Waals surface area contributed by atoms with Crippen molar-refractivity contribution in [2.24, 2.45) is 5.92 Å². The maximum atomic E-state index is 12.8. The molecule has 1 saturated heterocycles. The molecule has 1 N–H and O–H groups in total. The van der Waals surface area contributed by atoms with E-state index in [0.717, 1.165) is 37.2 Å². The van der Waals surface area contributed by atoms with Crippen LogP contribution in [0.2, 0.25) is 0 Å². The van der Waals surface area contributed by atoms with Gasteiger partial charge in [-0.05, 0) is 41.8 Å². The van der Waals surface area contributed by atoms with E-state index in [1.165, 1.54) is 23.3 Å². The van der Waals surface area contributed by atoms with E-state index in [9.17, 15) is 13.2 Å². The molecule has 0 saturated carbocycles. The van der Waals surface area contributed by atoms with Gasteiger partial charge < -0.3 is 10.1 Å². The Kier molecular flexibility index (Phi) is 8.35. The zero-order chi connectivity index (χ0) is 21.7. The van der Waals surface area contributed by atoms with Gasteiger partial charge >= 0.3 is 6.18 Å². The fourth-order valence-corrected chi connectivity index (χ4v) is 4.40. The molecule has 0 aliphatic carbocycles. The summed E-state index contributed by atoms with van der Waals surface area (Å²) in [5, 5.41) is 3.50. The van der Waals surface area contributed by atoms with E-state index >= 15 is 0 Å². The van der Waals surface area contributed by atoms with E-state index in [0.29, 0.717) is 6.61 Å². The Morgan fingerprint density at radius 2 is 1.41 bits per heavy atom. The van der Waals surface area contributed by atoms with Crippen molar-refractivity contribution in [3.63, 3.8) is 0 Å². The minimum absolute atomic E-state index is 0. The molecule has 6 heteroatoms. The van der Waals surface area contributed by atoms with Gasteiger partial charge in [0, 0.05) is 18.4 Å². The van der Waals surface area contributed by atoms with Crippen LogP contribution in [0.15, 0.2) is 84.9 Å². The van der Waals surface area contributed by atoms with Gasteiger partial charge in [-0.3, -0.25) is 0 Å². The molecule has 1 heterocycles. The number of benzene rings is 3. The zero-order valence-corrected chi connectivity index (χ0v) is 18.4. The van der Waals surface area contributed by atoms with Crippen molar-refractivity contribution in [2.75, 3.05) is 13.1 Å². The maximum absolute atomic E-state index is 12.8. The van der Waals surface area contributed by atoms with Gasteiger partial charge in [0.25, 0.3) is 0 Å². The largest absolute Gasteiger partial charge is 0.416 e. The molecule has 0 aromatic heterocycles. The minimum Gasteiger partial charge on any atom is -0.373 e. The molecule has 3 aromatic rings. The van der Waals surface area contributed by atoms with Gasteiger partial charge in [-0.25, -0.2) is 0 Å². The molecule has 0 bridgehead atoms. The van der Waals surface area contributed by atoms with E-state index < -0.39 is 11.7 Å². The monoisotopic (exact) mass is 461 g/mol. The van der Waals surface area contributed by atoms with Crippen molar-refractivity contribution in [2.45, 2.75) is 31.2 Å². The van der Waals surface area contributed by atoms with E-state index in [2.05, 4.69) is 53.8 Å². The number of alkyl halides is 3. The van der Waals surface area contributed by atoms with Crippen LogP contribution >= 0.6 is 12.4 Å². The second-order valence-electron chi connectivity index (χ2n) is 8.00. The van der Waals surface area contributed by atoms with Gasteiger partial charge in [-0.15, -0.1) is 12.4 Å². The lowest BCUT2D eigenvalue weighted by Gasteiger charge is -2.38. The second-order valence-corrected chi connectivity index (χ2v) is 8.00. The number of hydrogen-bond donors (Lipinski definition) is 1. The number of ether oxygens (including phenoxy) is 1. The molecule has 0 spiro atoms. The first kappa shape index (κ1) is 24.3. The minimum atomic E-state index is -4.32. The number of nitrogens with one attached hydrogen (secondary N) is 1. The maximum Gasteiger partial charge on any atom is 0.416 e. The standard InChI is InChI=1S/C26H26F3NO.ClH/c27-26(28,29)22-13-11-19(12-14-22)18-31-24-15-16-30-17-23(24)25(20-7-3-1-4-8-20)21-9-5-2-6-10-21;/h1-14,23-25,30H,15-18H2;1H/t23-,24+;/m1./s1. The third kappa shape index (κ3) is 5.91. The van der Waals surface area contributed by atoms with Crippen LogP contribution in [0.25, 0.3) is 0 Å². The van der Waals surface area contributed by atoms with Crippen LogP contribution in [-0.4, -0.2) is 19.2 Å². The average Bonchev–Trinajstić information content (AvgIpc) is 2.80. The fraction of sp³-hybridized carbons (Fsp3) is 0.308. The van der Waals surface area contributed by atoms with Crippen LogP contribution in [0, 0.1) is 5.92 Å². The highest BCUT2D eigenvalue weighted by atomic mass is 35.5. The van der Waals surface area contributed by atoms with Crippen molar-refractivity contribution >= 4 is 12.4 Å². The Hall–Kier alpha value is -2.34. The summed E-state index contributed by atoms with van der Waals surface area (Å²) in [5.41, 5.74) is 2.60. The predicted octanol–water partition coefficient (Wildman–Crippen LogP) is 6.45. The zero-order valence-electron chi connectivity index (χ0n) is 17.6. The van der Waals surface area contributed by atoms with Crippen LogP contribution < -0.4 is 5.32 Å². The van der Waals surface area contributed by atoms with Crippen molar-refractivity contribution in [1.29, 1.82) is 0 Å². The SMILES string of the molecule is Cl.FC(F)(F)c1ccc(CO[C@H]2CCNC[C@H]2C(c2ccccc2)c2ccccc2)cc1. The molecule has 4 rings (SSSR count). The highest BCUT2D eigenvalue weighted by molar-refractivity contribution is 5.85. The van der Waals surface area contributed by atoms with Gasteiger partial charge in [0.05, 0.1) is 18.3 Å². The highest BCUT2D eigenvalue weighted by Gasteiger charge is 2.34. The van der Waals surface area contributed by atoms with Crippen LogP contribution in [0.5, 0.6) is 0 Å². The second kappa shape index (κ2) is 11.0. The van der Waals surface area contributed by atoms with Crippen molar-refractivity contribution in [3.05, 3.63) is 107 Å². The van der Waals surface area contributed by atoms with Gasteiger partial charge in [0.1, 0.15) is 0 Å². The van der Waals surface area contributed by atoms with Crippen LogP contribution in [-0.2, 0) is 17.5 Å². The Bertz CT molecular complexity index is 909. The molecule has 2 atom stereocenters. The molecule has 2 nitrogen and oxygen atoms in total. The van der Waals surface area contributed by atoms with Gasteiger partial charge in [-0.2, -0.15) is 13.2 Å². The Morgan fingerprint density at radius 1 is 0.844 bits per heavy atom. The predicted molar refractivity (Wildman–Crippen MR) is 123 cm³/mol. The molecular weight excluding hydrogens is 435 g/mol. The van der Waals surface area contributed by atoms with Crippen LogP contribution in [0.4, 0.5) is 13.2 Å². The van der Waals surface area contributed by atoms with Crippen molar-refractivity contribution in [1.82, 2.24) is 5.32 Å².